The molecule has 0 N–H and O–H groups in total. The Hall–Kier alpha value is -8.56. The second kappa shape index (κ2) is 17.9. The number of rotatable bonds is 11. The molecule has 0 radical (unpaired) electrons. The topological polar surface area (TPSA) is 3.24 Å². The highest BCUT2D eigenvalue weighted by atomic mass is 28.3. The van der Waals surface area contributed by atoms with E-state index in [9.17, 15) is 0 Å². The molecule has 326 valence electrons. The lowest BCUT2D eigenvalue weighted by atomic mass is 9.67. The molecule has 69 heavy (non-hydrogen) atoms. The van der Waals surface area contributed by atoms with Crippen molar-refractivity contribution in [2.75, 3.05) is 4.90 Å². The average Bonchev–Trinajstić information content (AvgIpc) is 3.74. The molecule has 1 aliphatic rings. The predicted molar refractivity (Wildman–Crippen MR) is 293 cm³/mol. The van der Waals surface area contributed by atoms with Crippen LogP contribution in [0.4, 0.5) is 17.1 Å². The van der Waals surface area contributed by atoms with E-state index in [2.05, 4.69) is 302 Å². The molecule has 2 heteroatoms. The van der Waals surface area contributed by atoms with Crippen LogP contribution in [0.1, 0.15) is 22.3 Å². The van der Waals surface area contributed by atoms with E-state index < -0.39 is 13.5 Å². The van der Waals surface area contributed by atoms with Gasteiger partial charge in [0.2, 0.25) is 0 Å². The summed E-state index contributed by atoms with van der Waals surface area (Å²) in [7, 11) is -2.75. The van der Waals surface area contributed by atoms with Crippen molar-refractivity contribution in [1.29, 1.82) is 0 Å². The molecule has 11 aromatic carbocycles. The van der Waals surface area contributed by atoms with Crippen LogP contribution in [0.15, 0.2) is 297 Å². The highest BCUT2D eigenvalue weighted by molar-refractivity contribution is 7.19. The molecule has 0 fully saturated rings. The summed E-state index contributed by atoms with van der Waals surface area (Å²) in [5.74, 6) is 0. The van der Waals surface area contributed by atoms with Gasteiger partial charge in [-0.15, -0.1) is 0 Å². The molecule has 12 rings (SSSR count). The van der Waals surface area contributed by atoms with E-state index >= 15 is 0 Å². The maximum atomic E-state index is 2.45. The first-order valence-corrected chi connectivity index (χ1v) is 25.9. The van der Waals surface area contributed by atoms with Crippen LogP contribution in [-0.4, -0.2) is 8.07 Å². The summed E-state index contributed by atoms with van der Waals surface area (Å²) in [5, 5.41) is 5.45. The van der Waals surface area contributed by atoms with Gasteiger partial charge >= 0.3 is 0 Å². The number of nitrogens with zero attached hydrogens (tertiary/aromatic N) is 1. The molecule has 0 spiro atoms. The molecule has 0 amide bonds. The van der Waals surface area contributed by atoms with Gasteiger partial charge in [-0.2, -0.15) is 0 Å². The molecule has 1 aliphatic carbocycles. The highest BCUT2D eigenvalue weighted by Gasteiger charge is 2.47. The molecule has 0 aliphatic heterocycles. The summed E-state index contributed by atoms with van der Waals surface area (Å²) in [6, 6.07) is 110. The lowest BCUT2D eigenvalue weighted by molar-refractivity contribution is 0.769. The first-order valence-electron chi connectivity index (χ1n) is 23.9. The molecule has 0 heterocycles. The summed E-state index contributed by atoms with van der Waals surface area (Å²) in [5.41, 5.74) is 15.1. The number of hydrogen-bond donors (Lipinski definition) is 0. The van der Waals surface area contributed by atoms with Crippen LogP contribution in [0.25, 0.3) is 33.4 Å². The molecule has 0 unspecified atom stereocenters. The monoisotopic (exact) mass is 895 g/mol. The molecule has 0 bridgehead atoms. The van der Waals surface area contributed by atoms with Crippen LogP contribution in [-0.2, 0) is 5.41 Å². The Balaban J connectivity index is 1.02. The fourth-order valence-electron chi connectivity index (χ4n) is 11.2. The normalized spacial score (nSPS) is 12.5. The fraction of sp³-hybridized carbons (Fsp3) is 0.0149. The quantitative estimate of drug-likeness (QED) is 0.0924. The highest BCUT2D eigenvalue weighted by Crippen LogP contribution is 2.56. The van der Waals surface area contributed by atoms with E-state index in [-0.39, 0.29) is 0 Å². The predicted octanol–water partition coefficient (Wildman–Crippen LogP) is 14.2. The Morgan fingerprint density at radius 2 is 0.507 bits per heavy atom. The zero-order valence-corrected chi connectivity index (χ0v) is 39.2. The van der Waals surface area contributed by atoms with Gasteiger partial charge in [0.15, 0.2) is 8.07 Å². The Kier molecular flexibility index (Phi) is 10.9. The smallest absolute Gasteiger partial charge is 0.179 e. The lowest BCUT2D eigenvalue weighted by Crippen LogP contribution is -2.74. The molecule has 1 nitrogen and oxygen atoms in total. The minimum atomic E-state index is -2.75. The molecular weight excluding hydrogens is 847 g/mol. The zero-order valence-electron chi connectivity index (χ0n) is 38.2. The van der Waals surface area contributed by atoms with Gasteiger partial charge < -0.3 is 4.90 Å². The van der Waals surface area contributed by atoms with Crippen molar-refractivity contribution in [3.05, 3.63) is 320 Å². The standard InChI is InChI=1S/C67H49NSi/c1-6-20-50(21-7-1)52-34-42-56(43-35-52)68(57-44-36-53(37-45-57)51-22-8-2-9-23-51)58-46-38-54(39-47-58)67(65-32-18-16-30-63(65)64-31-17-19-33-66(64)67)55-40-48-62(49-41-55)69(59-24-10-3-11-25-59,60-26-12-4-13-27-60)61-28-14-5-15-29-61/h1-49H. The summed E-state index contributed by atoms with van der Waals surface area (Å²) in [6.07, 6.45) is 0. The fourth-order valence-corrected chi connectivity index (χ4v) is 16.0. The van der Waals surface area contributed by atoms with Gasteiger partial charge in [0.1, 0.15) is 0 Å². The second-order valence-electron chi connectivity index (χ2n) is 18.0. The molecule has 0 saturated carbocycles. The SMILES string of the molecule is c1ccc(-c2ccc(N(c3ccc(-c4ccccc4)cc3)c3ccc(C4(c5ccc([Si](c6ccccc6)(c6ccccc6)c6ccccc6)cc5)c5ccccc5-c5ccccc54)cc3)cc2)cc1. The van der Waals surface area contributed by atoms with Gasteiger partial charge in [-0.25, -0.2) is 0 Å². The largest absolute Gasteiger partial charge is 0.311 e. The maximum Gasteiger partial charge on any atom is 0.179 e. The summed E-state index contributed by atoms with van der Waals surface area (Å²) in [4.78, 5) is 2.38. The maximum absolute atomic E-state index is 2.75. The van der Waals surface area contributed by atoms with Gasteiger partial charge in [0, 0.05) is 17.1 Å². The van der Waals surface area contributed by atoms with E-state index in [4.69, 9.17) is 0 Å². The van der Waals surface area contributed by atoms with Crippen LogP contribution in [0.5, 0.6) is 0 Å². The van der Waals surface area contributed by atoms with Crippen LogP contribution in [0.3, 0.4) is 0 Å². The first-order chi connectivity index (χ1) is 34.2. The van der Waals surface area contributed by atoms with Gasteiger partial charge in [-0.3, -0.25) is 0 Å². The third-order valence-corrected chi connectivity index (χ3v) is 19.1. The van der Waals surface area contributed by atoms with Crippen molar-refractivity contribution in [3.8, 4) is 33.4 Å². The summed E-state index contributed by atoms with van der Waals surface area (Å²) >= 11 is 0. The van der Waals surface area contributed by atoms with Crippen LogP contribution >= 0.6 is 0 Å². The van der Waals surface area contributed by atoms with Crippen molar-refractivity contribution >= 4 is 45.9 Å². The summed E-state index contributed by atoms with van der Waals surface area (Å²) in [6.45, 7) is 0. The Morgan fingerprint density at radius 3 is 0.884 bits per heavy atom. The second-order valence-corrected chi connectivity index (χ2v) is 21.8. The van der Waals surface area contributed by atoms with Gasteiger partial charge in [0.25, 0.3) is 0 Å². The van der Waals surface area contributed by atoms with Crippen LogP contribution in [0.2, 0.25) is 0 Å². The first kappa shape index (κ1) is 41.8. The van der Waals surface area contributed by atoms with Gasteiger partial charge in [0.05, 0.1) is 5.41 Å². The third kappa shape index (κ3) is 7.16. The van der Waals surface area contributed by atoms with Gasteiger partial charge in [-0.05, 0) is 113 Å². The Labute approximate surface area is 407 Å². The molecule has 0 saturated heterocycles. The number of anilines is 3. The van der Waals surface area contributed by atoms with E-state index in [1.54, 1.807) is 0 Å². The van der Waals surface area contributed by atoms with Crippen molar-refractivity contribution in [3.63, 3.8) is 0 Å². The number of fused-ring (bicyclic) bond motifs is 3. The molecular formula is C67H49NSi. The van der Waals surface area contributed by atoms with E-state index in [1.807, 2.05) is 0 Å². The zero-order chi connectivity index (χ0) is 46.0. The summed E-state index contributed by atoms with van der Waals surface area (Å²) < 4.78 is 0. The third-order valence-electron chi connectivity index (χ3n) is 14.3. The number of hydrogen-bond acceptors (Lipinski definition) is 1. The van der Waals surface area contributed by atoms with E-state index in [0.29, 0.717) is 0 Å². The van der Waals surface area contributed by atoms with Gasteiger partial charge in [-0.1, -0.05) is 261 Å². The number of benzene rings is 11. The minimum Gasteiger partial charge on any atom is -0.311 e. The van der Waals surface area contributed by atoms with Crippen molar-refractivity contribution in [1.82, 2.24) is 0 Å². The average molecular weight is 896 g/mol. The molecule has 11 aromatic rings. The molecule has 0 atom stereocenters. The van der Waals surface area contributed by atoms with Crippen LogP contribution in [0, 0.1) is 0 Å². The lowest BCUT2D eigenvalue weighted by Gasteiger charge is -2.37. The van der Waals surface area contributed by atoms with E-state index in [0.717, 1.165) is 17.1 Å². The van der Waals surface area contributed by atoms with Crippen LogP contribution < -0.4 is 25.6 Å². The Bertz CT molecular complexity index is 3260. The molecule has 0 aromatic heterocycles. The van der Waals surface area contributed by atoms with E-state index in [1.165, 1.54) is 76.4 Å². The van der Waals surface area contributed by atoms with Crippen molar-refractivity contribution in [2.45, 2.75) is 5.41 Å². The van der Waals surface area contributed by atoms with Crippen molar-refractivity contribution < 1.29 is 0 Å². The van der Waals surface area contributed by atoms with Crippen molar-refractivity contribution in [2.24, 2.45) is 0 Å². The Morgan fingerprint density at radius 1 is 0.232 bits per heavy atom. The minimum absolute atomic E-state index is 0.569.